The Morgan fingerprint density at radius 3 is 3.05 bits per heavy atom. The zero-order valence-electron chi connectivity index (χ0n) is 9.78. The van der Waals surface area contributed by atoms with E-state index in [1.807, 2.05) is 0 Å². The monoisotopic (exact) mass is 284 g/mol. The van der Waals surface area contributed by atoms with Gasteiger partial charge in [0, 0.05) is 6.07 Å². The van der Waals surface area contributed by atoms with Crippen molar-refractivity contribution in [2.45, 2.75) is 5.16 Å². The maximum absolute atomic E-state index is 13.3. The van der Waals surface area contributed by atoms with Gasteiger partial charge in [-0.1, -0.05) is 11.8 Å². The van der Waals surface area contributed by atoms with Gasteiger partial charge in [0.1, 0.15) is 0 Å². The van der Waals surface area contributed by atoms with Crippen molar-refractivity contribution in [3.63, 3.8) is 0 Å². The summed E-state index contributed by atoms with van der Waals surface area (Å²) in [6.07, 6.45) is 0. The van der Waals surface area contributed by atoms with E-state index >= 15 is 0 Å². The third-order valence-corrected chi connectivity index (χ3v) is 3.05. The second kappa shape index (κ2) is 5.65. The average Bonchev–Trinajstić information content (AvgIpc) is 2.85. The van der Waals surface area contributed by atoms with Crippen LogP contribution in [-0.2, 0) is 4.79 Å². The lowest BCUT2D eigenvalue weighted by atomic mass is 10.3. The van der Waals surface area contributed by atoms with E-state index in [4.69, 9.17) is 9.84 Å². The number of carbonyl (C=O) groups is 1. The molecule has 0 amide bonds. The number of benzene rings is 1. The standard InChI is InChI=1S/C10H9FN4O3S/c1-18-8-4-6(2-3-7(8)11)15-10(12-13-14-15)19-5-9(16)17/h2-4H,5H2,1H3,(H,16,17). The van der Waals surface area contributed by atoms with Gasteiger partial charge in [0.05, 0.1) is 18.6 Å². The molecule has 2 rings (SSSR count). The summed E-state index contributed by atoms with van der Waals surface area (Å²) in [7, 11) is 1.35. The molecule has 0 aliphatic carbocycles. The first-order chi connectivity index (χ1) is 9.11. The van der Waals surface area contributed by atoms with E-state index < -0.39 is 11.8 Å². The van der Waals surface area contributed by atoms with Gasteiger partial charge in [0.2, 0.25) is 5.16 Å². The summed E-state index contributed by atoms with van der Waals surface area (Å²) in [5, 5.41) is 19.8. The van der Waals surface area contributed by atoms with Crippen molar-refractivity contribution >= 4 is 17.7 Å². The quantitative estimate of drug-likeness (QED) is 0.818. The van der Waals surface area contributed by atoms with Crippen LogP contribution in [0.25, 0.3) is 5.69 Å². The number of hydrogen-bond donors (Lipinski definition) is 1. The van der Waals surface area contributed by atoms with Crippen LogP contribution >= 0.6 is 11.8 Å². The zero-order chi connectivity index (χ0) is 13.8. The molecule has 0 unspecified atom stereocenters. The SMILES string of the molecule is COc1cc(-n2nnnc2SCC(=O)O)ccc1F. The highest BCUT2D eigenvalue weighted by Gasteiger charge is 2.13. The molecule has 0 bridgehead atoms. The molecular formula is C10H9FN4O3S. The molecule has 0 atom stereocenters. The Balaban J connectivity index is 2.31. The molecule has 1 N–H and O–H groups in total. The molecule has 7 nitrogen and oxygen atoms in total. The van der Waals surface area contributed by atoms with Gasteiger partial charge in [0.15, 0.2) is 11.6 Å². The van der Waals surface area contributed by atoms with Gasteiger partial charge in [0.25, 0.3) is 0 Å². The summed E-state index contributed by atoms with van der Waals surface area (Å²) in [4.78, 5) is 10.5. The zero-order valence-corrected chi connectivity index (χ0v) is 10.6. The van der Waals surface area contributed by atoms with Crippen LogP contribution in [0.2, 0.25) is 0 Å². The Bertz CT molecular complexity index is 604. The van der Waals surface area contributed by atoms with Crippen molar-refractivity contribution < 1.29 is 19.0 Å². The first-order valence-corrected chi connectivity index (χ1v) is 6.07. The highest BCUT2D eigenvalue weighted by Crippen LogP contribution is 2.23. The minimum absolute atomic E-state index is 0.0576. The number of halogens is 1. The van der Waals surface area contributed by atoms with Crippen molar-refractivity contribution in [2.75, 3.05) is 12.9 Å². The highest BCUT2D eigenvalue weighted by atomic mass is 32.2. The molecule has 0 saturated heterocycles. The van der Waals surface area contributed by atoms with Crippen molar-refractivity contribution in [3.8, 4) is 11.4 Å². The van der Waals surface area contributed by atoms with E-state index in [0.717, 1.165) is 11.8 Å². The molecule has 0 aliphatic heterocycles. The summed E-state index contributed by atoms with van der Waals surface area (Å²) in [6, 6.07) is 4.12. The van der Waals surface area contributed by atoms with Crippen LogP contribution in [0.4, 0.5) is 4.39 Å². The number of ether oxygens (including phenoxy) is 1. The van der Waals surface area contributed by atoms with Crippen LogP contribution in [0.1, 0.15) is 0 Å². The summed E-state index contributed by atoms with van der Waals surface area (Å²) in [5.41, 5.74) is 0.483. The van der Waals surface area contributed by atoms with Crippen molar-refractivity contribution in [1.29, 1.82) is 0 Å². The number of aromatic nitrogens is 4. The molecule has 2 aromatic rings. The molecule has 1 aromatic carbocycles. The van der Waals surface area contributed by atoms with Gasteiger partial charge in [-0.3, -0.25) is 4.79 Å². The molecule has 0 aliphatic rings. The lowest BCUT2D eigenvalue weighted by Gasteiger charge is -2.06. The molecule has 0 fully saturated rings. The fourth-order valence-corrected chi connectivity index (χ4v) is 1.95. The topological polar surface area (TPSA) is 90.1 Å². The van der Waals surface area contributed by atoms with E-state index in [0.29, 0.717) is 10.8 Å². The van der Waals surface area contributed by atoms with E-state index in [-0.39, 0.29) is 11.5 Å². The molecule has 0 spiro atoms. The number of hydrogen-bond acceptors (Lipinski definition) is 6. The first-order valence-electron chi connectivity index (χ1n) is 5.08. The third kappa shape index (κ3) is 2.99. The number of nitrogens with zero attached hydrogens (tertiary/aromatic N) is 4. The third-order valence-electron chi connectivity index (χ3n) is 2.14. The summed E-state index contributed by atoms with van der Waals surface area (Å²) in [6.45, 7) is 0. The Labute approximate surface area is 111 Å². The van der Waals surface area contributed by atoms with Gasteiger partial charge in [-0.05, 0) is 22.6 Å². The lowest BCUT2D eigenvalue weighted by molar-refractivity contribution is -0.133. The largest absolute Gasteiger partial charge is 0.494 e. The predicted octanol–water partition coefficient (Wildman–Crippen LogP) is 0.987. The van der Waals surface area contributed by atoms with E-state index in [9.17, 15) is 9.18 Å². The minimum Gasteiger partial charge on any atom is -0.494 e. The number of carboxylic acids is 1. The van der Waals surface area contributed by atoms with Gasteiger partial charge in [-0.25, -0.2) is 4.39 Å². The normalized spacial score (nSPS) is 10.4. The van der Waals surface area contributed by atoms with E-state index in [2.05, 4.69) is 15.5 Å². The maximum atomic E-state index is 13.3. The lowest BCUT2D eigenvalue weighted by Crippen LogP contribution is -2.03. The second-order valence-corrected chi connectivity index (χ2v) is 4.32. The minimum atomic E-state index is -0.976. The van der Waals surface area contributed by atoms with Crippen molar-refractivity contribution in [2.24, 2.45) is 0 Å². The van der Waals surface area contributed by atoms with Crippen LogP contribution in [0, 0.1) is 5.82 Å². The van der Waals surface area contributed by atoms with Crippen LogP contribution in [0.3, 0.4) is 0 Å². The second-order valence-electron chi connectivity index (χ2n) is 3.37. The number of carboxylic acid groups (broad SMARTS) is 1. The van der Waals surface area contributed by atoms with E-state index in [1.54, 1.807) is 0 Å². The van der Waals surface area contributed by atoms with Gasteiger partial charge in [-0.2, -0.15) is 4.68 Å². The summed E-state index contributed by atoms with van der Waals surface area (Å²) < 4.78 is 19.5. The molecule has 0 saturated carbocycles. The average molecular weight is 284 g/mol. The van der Waals surface area contributed by atoms with Crippen LogP contribution in [0.15, 0.2) is 23.4 Å². The molecule has 100 valence electrons. The maximum Gasteiger partial charge on any atom is 0.313 e. The van der Waals surface area contributed by atoms with E-state index in [1.165, 1.54) is 30.0 Å². The molecule has 1 heterocycles. The van der Waals surface area contributed by atoms with Crippen molar-refractivity contribution in [3.05, 3.63) is 24.0 Å². The smallest absolute Gasteiger partial charge is 0.313 e. The summed E-state index contributed by atoms with van der Waals surface area (Å²) in [5.74, 6) is -1.59. The molecule has 0 radical (unpaired) electrons. The number of tetrazole rings is 1. The van der Waals surface area contributed by atoms with Gasteiger partial charge in [-0.15, -0.1) is 5.10 Å². The predicted molar refractivity (Wildman–Crippen MR) is 64.0 cm³/mol. The van der Waals surface area contributed by atoms with Crippen LogP contribution in [-0.4, -0.2) is 44.1 Å². The molecule has 9 heteroatoms. The molecular weight excluding hydrogens is 275 g/mol. The number of rotatable bonds is 5. The molecule has 19 heavy (non-hydrogen) atoms. The first kappa shape index (κ1) is 13.3. The number of aliphatic carboxylic acids is 1. The Morgan fingerprint density at radius 1 is 1.58 bits per heavy atom. The fraction of sp³-hybridized carbons (Fsp3) is 0.200. The summed E-state index contributed by atoms with van der Waals surface area (Å²) >= 11 is 0.967. The van der Waals surface area contributed by atoms with Crippen LogP contribution < -0.4 is 4.74 Å². The molecule has 1 aromatic heterocycles. The Hall–Kier alpha value is -2.16. The van der Waals surface area contributed by atoms with Gasteiger partial charge < -0.3 is 9.84 Å². The fourth-order valence-electron chi connectivity index (χ4n) is 1.34. The van der Waals surface area contributed by atoms with Gasteiger partial charge >= 0.3 is 5.97 Å². The highest BCUT2D eigenvalue weighted by molar-refractivity contribution is 7.99. The number of thioether (sulfide) groups is 1. The number of methoxy groups -OCH3 is 1. The van der Waals surface area contributed by atoms with Crippen LogP contribution in [0.5, 0.6) is 5.75 Å². The van der Waals surface area contributed by atoms with Crippen molar-refractivity contribution in [1.82, 2.24) is 20.2 Å². The Kier molecular flexibility index (Phi) is 3.95. The Morgan fingerprint density at radius 2 is 2.37 bits per heavy atom.